The summed E-state index contributed by atoms with van der Waals surface area (Å²) in [5, 5.41) is 2.93. The predicted octanol–water partition coefficient (Wildman–Crippen LogP) is 3.69. The lowest BCUT2D eigenvalue weighted by Gasteiger charge is -2.32. The van der Waals surface area contributed by atoms with Crippen LogP contribution in [0.15, 0.2) is 39.9 Å². The fourth-order valence-electron chi connectivity index (χ4n) is 4.67. The lowest BCUT2D eigenvalue weighted by molar-refractivity contribution is 0.0713. The number of H-pyrrole nitrogens is 1. The highest BCUT2D eigenvalue weighted by Gasteiger charge is 2.29. The first-order valence-corrected chi connectivity index (χ1v) is 12.9. The molecule has 3 heterocycles. The number of carbonyl (C=O) groups is 1. The van der Waals surface area contributed by atoms with Gasteiger partial charge in [-0.2, -0.15) is 0 Å². The van der Waals surface area contributed by atoms with E-state index < -0.39 is 10.0 Å². The number of fused-ring (bicyclic) bond motifs is 3. The Morgan fingerprint density at radius 3 is 2.67 bits per heavy atom. The summed E-state index contributed by atoms with van der Waals surface area (Å²) < 4.78 is 28.0. The van der Waals surface area contributed by atoms with E-state index in [2.05, 4.69) is 15.8 Å². The fourth-order valence-corrected chi connectivity index (χ4v) is 6.99. The molecule has 1 aliphatic heterocycles. The third-order valence-corrected chi connectivity index (χ3v) is 9.15. The van der Waals surface area contributed by atoms with E-state index in [1.165, 1.54) is 40.8 Å². The summed E-state index contributed by atoms with van der Waals surface area (Å²) in [6.45, 7) is 1.10. The molecular formula is C22H25N3O3S2. The molecule has 0 bridgehead atoms. The normalized spacial score (nSPS) is 17.9. The Morgan fingerprint density at radius 2 is 1.90 bits per heavy atom. The number of aromatic amines is 1. The number of para-hydroxylation sites is 1. The summed E-state index contributed by atoms with van der Waals surface area (Å²) >= 11 is 1.21. The van der Waals surface area contributed by atoms with Crippen LogP contribution in [0, 0.1) is 0 Å². The molecule has 2 aromatic heterocycles. The van der Waals surface area contributed by atoms with Crippen LogP contribution in [0.1, 0.15) is 47.3 Å². The first-order chi connectivity index (χ1) is 14.5. The van der Waals surface area contributed by atoms with Crippen molar-refractivity contribution < 1.29 is 13.2 Å². The second-order valence-electron chi connectivity index (χ2n) is 8.14. The number of benzene rings is 1. The average Bonchev–Trinajstić information content (AvgIpc) is 3.42. The van der Waals surface area contributed by atoms with E-state index in [0.29, 0.717) is 30.1 Å². The molecule has 1 fully saturated rings. The van der Waals surface area contributed by atoms with Gasteiger partial charge in [-0.1, -0.05) is 18.2 Å². The Kier molecular flexibility index (Phi) is 5.16. The number of aromatic nitrogens is 1. The lowest BCUT2D eigenvalue weighted by Crippen LogP contribution is -2.46. The Labute approximate surface area is 180 Å². The molecule has 5 rings (SSSR count). The minimum atomic E-state index is -3.48. The quantitative estimate of drug-likeness (QED) is 0.645. The van der Waals surface area contributed by atoms with Gasteiger partial charge in [0.05, 0.1) is 11.1 Å². The molecular weight excluding hydrogens is 418 g/mol. The first-order valence-electron chi connectivity index (χ1n) is 10.5. The molecule has 1 saturated heterocycles. The van der Waals surface area contributed by atoms with Gasteiger partial charge < -0.3 is 9.88 Å². The molecule has 1 aliphatic carbocycles. The molecule has 6 nitrogen and oxygen atoms in total. The maximum atomic E-state index is 13.3. The van der Waals surface area contributed by atoms with E-state index in [1.54, 1.807) is 17.5 Å². The van der Waals surface area contributed by atoms with Crippen LogP contribution >= 0.6 is 11.3 Å². The van der Waals surface area contributed by atoms with Gasteiger partial charge in [0, 0.05) is 30.2 Å². The van der Waals surface area contributed by atoms with E-state index in [-0.39, 0.29) is 11.9 Å². The highest BCUT2D eigenvalue weighted by molar-refractivity contribution is 7.91. The van der Waals surface area contributed by atoms with Crippen molar-refractivity contribution >= 4 is 38.2 Å². The fraction of sp³-hybridized carbons (Fsp3) is 0.409. The molecule has 2 aliphatic rings. The maximum Gasteiger partial charge on any atom is 0.255 e. The first kappa shape index (κ1) is 19.8. The molecule has 158 valence electrons. The molecule has 30 heavy (non-hydrogen) atoms. The van der Waals surface area contributed by atoms with Crippen LogP contribution in [0.25, 0.3) is 10.9 Å². The van der Waals surface area contributed by atoms with Crippen LogP contribution in [-0.4, -0.2) is 43.3 Å². The number of rotatable bonds is 4. The molecule has 3 aromatic rings. The van der Waals surface area contributed by atoms with Gasteiger partial charge in [-0.3, -0.25) is 4.79 Å². The summed E-state index contributed by atoms with van der Waals surface area (Å²) in [6.07, 6.45) is 5.75. The third kappa shape index (κ3) is 3.57. The van der Waals surface area contributed by atoms with Gasteiger partial charge in [-0.05, 0) is 61.6 Å². The molecule has 1 amide bonds. The van der Waals surface area contributed by atoms with Crippen molar-refractivity contribution in [2.75, 3.05) is 13.1 Å². The summed E-state index contributed by atoms with van der Waals surface area (Å²) in [4.78, 5) is 18.6. The van der Waals surface area contributed by atoms with Crippen LogP contribution in [0.4, 0.5) is 0 Å². The van der Waals surface area contributed by atoms with Gasteiger partial charge in [-0.25, -0.2) is 13.1 Å². The predicted molar refractivity (Wildman–Crippen MR) is 119 cm³/mol. The van der Waals surface area contributed by atoms with E-state index >= 15 is 0 Å². The van der Waals surface area contributed by atoms with Gasteiger partial charge in [0.25, 0.3) is 5.91 Å². The molecule has 8 heteroatoms. The van der Waals surface area contributed by atoms with Crippen LogP contribution in [0.5, 0.6) is 0 Å². The highest BCUT2D eigenvalue weighted by Crippen LogP contribution is 2.31. The maximum absolute atomic E-state index is 13.3. The smallest absolute Gasteiger partial charge is 0.255 e. The van der Waals surface area contributed by atoms with Crippen molar-refractivity contribution in [2.24, 2.45) is 0 Å². The zero-order valence-electron chi connectivity index (χ0n) is 16.7. The Morgan fingerprint density at radius 1 is 1.10 bits per heavy atom. The van der Waals surface area contributed by atoms with Crippen LogP contribution in [-0.2, 0) is 22.9 Å². The summed E-state index contributed by atoms with van der Waals surface area (Å²) in [5.74, 6) is 0.0266. The molecule has 0 radical (unpaired) electrons. The molecule has 0 atom stereocenters. The number of piperidine rings is 1. The van der Waals surface area contributed by atoms with Crippen molar-refractivity contribution in [3.05, 3.63) is 52.5 Å². The number of carbonyl (C=O) groups excluding carboxylic acids is 1. The summed E-state index contributed by atoms with van der Waals surface area (Å²) in [7, 11) is -3.48. The SMILES string of the molecule is O=C(c1cccc2c3c([nH]c12)CCCC3)N1CCC(NS(=O)(=O)c2cccs2)CC1. The molecule has 1 aromatic carbocycles. The Bertz CT molecular complexity index is 1170. The van der Waals surface area contributed by atoms with E-state index in [9.17, 15) is 13.2 Å². The topological polar surface area (TPSA) is 82.3 Å². The van der Waals surface area contributed by atoms with E-state index in [4.69, 9.17) is 0 Å². The van der Waals surface area contributed by atoms with E-state index in [0.717, 1.165) is 23.9 Å². The zero-order chi connectivity index (χ0) is 20.7. The molecule has 0 spiro atoms. The number of amides is 1. The zero-order valence-corrected chi connectivity index (χ0v) is 18.3. The van der Waals surface area contributed by atoms with Crippen molar-refractivity contribution in [3.8, 4) is 0 Å². The second-order valence-corrected chi connectivity index (χ2v) is 11.0. The number of sulfonamides is 1. The number of thiophene rings is 1. The summed E-state index contributed by atoms with van der Waals surface area (Å²) in [6, 6.07) is 9.19. The highest BCUT2D eigenvalue weighted by atomic mass is 32.2. The number of likely N-dealkylation sites (tertiary alicyclic amines) is 1. The Balaban J connectivity index is 1.30. The van der Waals surface area contributed by atoms with Gasteiger partial charge in [0.2, 0.25) is 10.0 Å². The van der Waals surface area contributed by atoms with Gasteiger partial charge in [0.15, 0.2) is 0 Å². The number of nitrogens with one attached hydrogen (secondary N) is 2. The minimum absolute atomic E-state index is 0.0266. The van der Waals surface area contributed by atoms with Gasteiger partial charge >= 0.3 is 0 Å². The number of hydrogen-bond donors (Lipinski definition) is 2. The number of aryl methyl sites for hydroxylation is 2. The number of nitrogens with zero attached hydrogens (tertiary/aromatic N) is 1. The van der Waals surface area contributed by atoms with E-state index in [1.807, 2.05) is 17.0 Å². The van der Waals surface area contributed by atoms with Crippen LogP contribution in [0.3, 0.4) is 0 Å². The monoisotopic (exact) mass is 443 g/mol. The summed E-state index contributed by atoms with van der Waals surface area (Å²) in [5.41, 5.74) is 4.32. The van der Waals surface area contributed by atoms with Crippen LogP contribution < -0.4 is 4.72 Å². The van der Waals surface area contributed by atoms with Gasteiger partial charge in [-0.15, -0.1) is 11.3 Å². The standard InChI is InChI=1S/C22H25N3O3S2/c26-22(18-7-3-6-17-16-5-1-2-8-19(16)23-21(17)18)25-12-10-15(11-13-25)24-30(27,28)20-9-4-14-29-20/h3-4,6-7,9,14-15,23-24H,1-2,5,8,10-13H2. The van der Waals surface area contributed by atoms with Crippen LogP contribution in [0.2, 0.25) is 0 Å². The largest absolute Gasteiger partial charge is 0.358 e. The molecule has 2 N–H and O–H groups in total. The van der Waals surface area contributed by atoms with Gasteiger partial charge in [0.1, 0.15) is 4.21 Å². The van der Waals surface area contributed by atoms with Crippen molar-refractivity contribution in [3.63, 3.8) is 0 Å². The molecule has 0 saturated carbocycles. The number of hydrogen-bond acceptors (Lipinski definition) is 4. The van der Waals surface area contributed by atoms with Crippen molar-refractivity contribution in [2.45, 2.75) is 48.8 Å². The second kappa shape index (κ2) is 7.83. The van der Waals surface area contributed by atoms with Crippen molar-refractivity contribution in [1.82, 2.24) is 14.6 Å². The van der Waals surface area contributed by atoms with Crippen molar-refractivity contribution in [1.29, 1.82) is 0 Å². The lowest BCUT2D eigenvalue weighted by atomic mass is 9.95. The minimum Gasteiger partial charge on any atom is -0.358 e. The third-order valence-electron chi connectivity index (χ3n) is 6.23. The average molecular weight is 444 g/mol. The molecule has 0 unspecified atom stereocenters. The Hall–Kier alpha value is -2.16.